The molecule has 1 N–H and O–H groups in total. The average molecular weight is 284 g/mol. The molecule has 104 valence electrons. The summed E-state index contributed by atoms with van der Waals surface area (Å²) in [5.74, 6) is 1.46. The average Bonchev–Trinajstić information content (AvgIpc) is 2.47. The summed E-state index contributed by atoms with van der Waals surface area (Å²) in [6, 6.07) is 8.63. The number of nitrogens with zero attached hydrogens (tertiary/aromatic N) is 1. The lowest BCUT2D eigenvalue weighted by atomic mass is 9.97. The molecular formula is C17H20N2S. The number of H-pyrrole nitrogens is 1. The molecule has 1 aliphatic carbocycles. The maximum Gasteiger partial charge on any atom is 0.139 e. The predicted octanol–water partition coefficient (Wildman–Crippen LogP) is 4.81. The van der Waals surface area contributed by atoms with Crippen molar-refractivity contribution in [3.8, 4) is 11.4 Å². The highest BCUT2D eigenvalue weighted by Gasteiger charge is 2.14. The van der Waals surface area contributed by atoms with E-state index in [1.807, 2.05) is 0 Å². The number of rotatable bonds is 2. The van der Waals surface area contributed by atoms with Gasteiger partial charge in [-0.1, -0.05) is 50.3 Å². The summed E-state index contributed by atoms with van der Waals surface area (Å²) in [6.07, 6.45) is 4.64. The van der Waals surface area contributed by atoms with Crippen molar-refractivity contribution in [1.82, 2.24) is 9.97 Å². The first kappa shape index (κ1) is 13.5. The van der Waals surface area contributed by atoms with E-state index in [1.165, 1.54) is 29.7 Å². The molecule has 0 spiro atoms. The number of aryl methyl sites for hydroxylation is 1. The van der Waals surface area contributed by atoms with Gasteiger partial charge in [0, 0.05) is 16.8 Å². The number of benzene rings is 1. The lowest BCUT2D eigenvalue weighted by Gasteiger charge is -2.16. The third kappa shape index (κ3) is 2.55. The quantitative estimate of drug-likeness (QED) is 0.802. The second-order valence-corrected chi connectivity index (χ2v) is 6.22. The van der Waals surface area contributed by atoms with Crippen molar-refractivity contribution in [2.24, 2.45) is 0 Å². The molecule has 3 rings (SSSR count). The molecule has 0 fully saturated rings. The molecule has 2 nitrogen and oxygen atoms in total. The van der Waals surface area contributed by atoms with E-state index in [0.29, 0.717) is 5.92 Å². The van der Waals surface area contributed by atoms with Crippen LogP contribution in [-0.2, 0) is 12.8 Å². The first-order chi connectivity index (χ1) is 9.65. The van der Waals surface area contributed by atoms with Gasteiger partial charge in [-0.25, -0.2) is 4.98 Å². The van der Waals surface area contributed by atoms with E-state index >= 15 is 0 Å². The van der Waals surface area contributed by atoms with Crippen molar-refractivity contribution in [3.63, 3.8) is 0 Å². The number of hydrogen-bond acceptors (Lipinski definition) is 2. The van der Waals surface area contributed by atoms with Gasteiger partial charge in [0.15, 0.2) is 0 Å². The van der Waals surface area contributed by atoms with Crippen molar-refractivity contribution in [2.45, 2.75) is 45.4 Å². The molecule has 0 saturated heterocycles. The summed E-state index contributed by atoms with van der Waals surface area (Å²) in [7, 11) is 0. The van der Waals surface area contributed by atoms with Gasteiger partial charge in [-0.15, -0.1) is 0 Å². The Labute approximate surface area is 125 Å². The Morgan fingerprint density at radius 2 is 1.80 bits per heavy atom. The number of fused-ring (bicyclic) bond motifs is 1. The molecule has 0 radical (unpaired) electrons. The fourth-order valence-electron chi connectivity index (χ4n) is 2.78. The largest absolute Gasteiger partial charge is 0.343 e. The fourth-order valence-corrected chi connectivity index (χ4v) is 3.10. The van der Waals surface area contributed by atoms with E-state index in [9.17, 15) is 0 Å². The predicted molar refractivity (Wildman–Crippen MR) is 85.6 cm³/mol. The lowest BCUT2D eigenvalue weighted by Crippen LogP contribution is -2.08. The molecule has 1 aromatic carbocycles. The second-order valence-electron chi connectivity index (χ2n) is 5.83. The van der Waals surface area contributed by atoms with Crippen molar-refractivity contribution in [3.05, 3.63) is 45.7 Å². The van der Waals surface area contributed by atoms with Crippen LogP contribution in [0.2, 0.25) is 0 Å². The monoisotopic (exact) mass is 284 g/mol. The summed E-state index contributed by atoms with van der Waals surface area (Å²) < 4.78 is 0.779. The Morgan fingerprint density at radius 3 is 2.50 bits per heavy atom. The fraction of sp³-hybridized carbons (Fsp3) is 0.412. The molecule has 0 unspecified atom stereocenters. The van der Waals surface area contributed by atoms with Crippen LogP contribution in [0.25, 0.3) is 11.4 Å². The van der Waals surface area contributed by atoms with Gasteiger partial charge in [-0.05, 0) is 37.2 Å². The van der Waals surface area contributed by atoms with E-state index in [2.05, 4.69) is 48.1 Å². The van der Waals surface area contributed by atoms with E-state index in [0.717, 1.165) is 28.9 Å². The normalized spacial score (nSPS) is 14.3. The highest BCUT2D eigenvalue weighted by molar-refractivity contribution is 7.71. The van der Waals surface area contributed by atoms with Crippen LogP contribution in [0, 0.1) is 4.64 Å². The minimum Gasteiger partial charge on any atom is -0.343 e. The summed E-state index contributed by atoms with van der Waals surface area (Å²) >= 11 is 5.46. The van der Waals surface area contributed by atoms with E-state index in [-0.39, 0.29) is 0 Å². The Bertz CT molecular complexity index is 668. The van der Waals surface area contributed by atoms with Crippen molar-refractivity contribution < 1.29 is 0 Å². The Balaban J connectivity index is 2.02. The van der Waals surface area contributed by atoms with E-state index < -0.39 is 0 Å². The molecule has 0 atom stereocenters. The van der Waals surface area contributed by atoms with Crippen molar-refractivity contribution in [1.29, 1.82) is 0 Å². The van der Waals surface area contributed by atoms with Crippen LogP contribution in [0.4, 0.5) is 0 Å². The van der Waals surface area contributed by atoms with Crippen LogP contribution < -0.4 is 0 Å². The van der Waals surface area contributed by atoms with Crippen LogP contribution in [0.3, 0.4) is 0 Å². The molecule has 3 heteroatoms. The van der Waals surface area contributed by atoms with Crippen LogP contribution in [0.1, 0.15) is 49.4 Å². The third-order valence-corrected chi connectivity index (χ3v) is 4.40. The van der Waals surface area contributed by atoms with E-state index in [4.69, 9.17) is 12.2 Å². The number of nitrogens with one attached hydrogen (secondary N) is 1. The lowest BCUT2D eigenvalue weighted by molar-refractivity contribution is 0.661. The van der Waals surface area contributed by atoms with Crippen LogP contribution in [0.5, 0.6) is 0 Å². The molecule has 0 saturated carbocycles. The van der Waals surface area contributed by atoms with E-state index in [1.54, 1.807) is 0 Å². The van der Waals surface area contributed by atoms with Gasteiger partial charge < -0.3 is 4.98 Å². The molecule has 1 aliphatic rings. The summed E-state index contributed by atoms with van der Waals surface area (Å²) in [5, 5.41) is 0. The molecule has 0 amide bonds. The van der Waals surface area contributed by atoms with Gasteiger partial charge in [0.05, 0.1) is 0 Å². The van der Waals surface area contributed by atoms with Crippen molar-refractivity contribution >= 4 is 12.2 Å². The number of hydrogen-bond donors (Lipinski definition) is 1. The molecule has 0 aliphatic heterocycles. The smallest absolute Gasteiger partial charge is 0.139 e. The highest BCUT2D eigenvalue weighted by Crippen LogP contribution is 2.24. The van der Waals surface area contributed by atoms with Crippen molar-refractivity contribution in [2.75, 3.05) is 0 Å². The highest BCUT2D eigenvalue weighted by atomic mass is 32.1. The number of aromatic nitrogens is 2. The zero-order valence-corrected chi connectivity index (χ0v) is 12.9. The second kappa shape index (κ2) is 5.49. The number of aromatic amines is 1. The molecule has 1 heterocycles. The zero-order chi connectivity index (χ0) is 14.1. The molecule has 1 aromatic heterocycles. The molecule has 0 bridgehead atoms. The van der Waals surface area contributed by atoms with Crippen LogP contribution in [0.15, 0.2) is 24.3 Å². The molecule has 2 aromatic rings. The standard InChI is InChI=1S/C17H20N2S/c1-11(2)12-7-9-13(10-8-12)16-18-15-6-4-3-5-14(15)17(20)19-16/h7-11H,3-6H2,1-2H3,(H,18,19,20). The molecule has 20 heavy (non-hydrogen) atoms. The maximum atomic E-state index is 5.46. The van der Waals surface area contributed by atoms with Gasteiger partial charge in [0.25, 0.3) is 0 Å². The van der Waals surface area contributed by atoms with Crippen LogP contribution >= 0.6 is 12.2 Å². The Kier molecular flexibility index (Phi) is 3.70. The van der Waals surface area contributed by atoms with Gasteiger partial charge >= 0.3 is 0 Å². The Hall–Kier alpha value is -1.48. The van der Waals surface area contributed by atoms with Gasteiger partial charge in [0.2, 0.25) is 0 Å². The third-order valence-electron chi connectivity index (χ3n) is 4.06. The van der Waals surface area contributed by atoms with Gasteiger partial charge in [-0.3, -0.25) is 0 Å². The summed E-state index contributed by atoms with van der Waals surface area (Å²) in [5.41, 5.74) is 5.02. The molecular weight excluding hydrogens is 264 g/mol. The SMILES string of the molecule is CC(C)c1ccc(-c2nc(=S)c3c([nH]2)CCCC3)cc1. The Morgan fingerprint density at radius 1 is 1.10 bits per heavy atom. The van der Waals surface area contributed by atoms with Gasteiger partial charge in [0.1, 0.15) is 10.5 Å². The summed E-state index contributed by atoms with van der Waals surface area (Å²) in [6.45, 7) is 4.42. The minimum absolute atomic E-state index is 0.555. The minimum atomic E-state index is 0.555. The zero-order valence-electron chi connectivity index (χ0n) is 12.1. The summed E-state index contributed by atoms with van der Waals surface area (Å²) in [4.78, 5) is 8.08. The van der Waals surface area contributed by atoms with Gasteiger partial charge in [-0.2, -0.15) is 0 Å². The first-order valence-electron chi connectivity index (χ1n) is 7.37. The van der Waals surface area contributed by atoms with Crippen LogP contribution in [-0.4, -0.2) is 9.97 Å². The topological polar surface area (TPSA) is 28.7 Å². The maximum absolute atomic E-state index is 5.46. The first-order valence-corrected chi connectivity index (χ1v) is 7.78.